The first-order chi connectivity index (χ1) is 11.9. The van der Waals surface area contributed by atoms with Gasteiger partial charge in [-0.05, 0) is 45.2 Å². The number of carbonyl (C=O) groups is 1. The minimum absolute atomic E-state index is 0.245. The molecule has 2 aliphatic rings. The van der Waals surface area contributed by atoms with Crippen molar-refractivity contribution >= 4 is 17.6 Å². The van der Waals surface area contributed by atoms with Crippen LogP contribution in [0.1, 0.15) is 39.2 Å². The molecule has 0 aromatic heterocycles. The van der Waals surface area contributed by atoms with Gasteiger partial charge in [0.2, 0.25) is 6.19 Å². The number of amidine groups is 1. The number of amides is 1. The quantitative estimate of drug-likeness (QED) is 0.735. The van der Waals surface area contributed by atoms with Gasteiger partial charge in [0.15, 0.2) is 0 Å². The molecule has 1 saturated heterocycles. The second-order valence-electron chi connectivity index (χ2n) is 7.50. The molecule has 0 atom stereocenters. The lowest BCUT2D eigenvalue weighted by Gasteiger charge is -2.38. The molecule has 0 bridgehead atoms. The number of carbonyl (C=O) groups excluding carboxylic acids is 1. The topological polar surface area (TPSA) is 68.9 Å². The number of fused-ring (bicyclic) bond motifs is 1. The highest BCUT2D eigenvalue weighted by Crippen LogP contribution is 2.34. The van der Waals surface area contributed by atoms with E-state index in [4.69, 9.17) is 10.00 Å². The van der Waals surface area contributed by atoms with Crippen molar-refractivity contribution in [2.24, 2.45) is 4.99 Å². The van der Waals surface area contributed by atoms with Crippen molar-refractivity contribution in [1.29, 1.82) is 5.26 Å². The monoisotopic (exact) mass is 340 g/mol. The third-order valence-electron chi connectivity index (χ3n) is 4.54. The van der Waals surface area contributed by atoms with Crippen molar-refractivity contribution in [3.05, 3.63) is 29.8 Å². The maximum atomic E-state index is 12.2. The van der Waals surface area contributed by atoms with Gasteiger partial charge in [-0.15, -0.1) is 0 Å². The number of nitriles is 1. The normalized spacial score (nSPS) is 19.7. The third-order valence-corrected chi connectivity index (χ3v) is 4.54. The maximum absolute atomic E-state index is 12.2. The zero-order valence-corrected chi connectivity index (χ0v) is 15.0. The third kappa shape index (κ3) is 3.76. The van der Waals surface area contributed by atoms with E-state index in [1.165, 1.54) is 5.56 Å². The molecule has 2 aliphatic heterocycles. The van der Waals surface area contributed by atoms with Gasteiger partial charge in [0.25, 0.3) is 0 Å². The second kappa shape index (κ2) is 6.75. The fourth-order valence-electron chi connectivity index (χ4n) is 3.48. The highest BCUT2D eigenvalue weighted by Gasteiger charge is 2.35. The Labute approximate surface area is 148 Å². The Bertz CT molecular complexity index is 722. The van der Waals surface area contributed by atoms with Gasteiger partial charge in [-0.2, -0.15) is 10.3 Å². The summed E-state index contributed by atoms with van der Waals surface area (Å²) in [5, 5.41) is 9.01. The van der Waals surface area contributed by atoms with Gasteiger partial charge in [0.05, 0.1) is 0 Å². The number of rotatable bonds is 1. The van der Waals surface area contributed by atoms with Crippen molar-refractivity contribution in [3.63, 3.8) is 0 Å². The van der Waals surface area contributed by atoms with E-state index in [-0.39, 0.29) is 12.1 Å². The predicted molar refractivity (Wildman–Crippen MR) is 96.5 cm³/mol. The molecule has 0 N–H and O–H groups in total. The summed E-state index contributed by atoms with van der Waals surface area (Å²) >= 11 is 0. The number of ether oxygens (including phenoxy) is 1. The Morgan fingerprint density at radius 3 is 2.60 bits per heavy atom. The van der Waals surface area contributed by atoms with Crippen LogP contribution >= 0.6 is 0 Å². The molecule has 1 aromatic rings. The zero-order chi connectivity index (χ0) is 18.0. The summed E-state index contributed by atoms with van der Waals surface area (Å²) in [6.07, 6.45) is 4.03. The highest BCUT2D eigenvalue weighted by molar-refractivity contribution is 6.06. The Balaban J connectivity index is 1.71. The van der Waals surface area contributed by atoms with Crippen LogP contribution in [-0.2, 0) is 11.2 Å². The smallest absolute Gasteiger partial charge is 0.410 e. The number of para-hydroxylation sites is 1. The predicted octanol–water partition coefficient (Wildman–Crippen LogP) is 3.33. The van der Waals surface area contributed by atoms with Crippen LogP contribution in [0.25, 0.3) is 0 Å². The summed E-state index contributed by atoms with van der Waals surface area (Å²) in [5.74, 6) is 0.805. The van der Waals surface area contributed by atoms with E-state index in [1.54, 1.807) is 4.90 Å². The fraction of sp³-hybridized carbons (Fsp3) is 0.526. The number of aliphatic imine (C=N–C) groups is 1. The average molecular weight is 340 g/mol. The maximum Gasteiger partial charge on any atom is 0.410 e. The van der Waals surface area contributed by atoms with Gasteiger partial charge in [-0.3, -0.25) is 0 Å². The Hall–Kier alpha value is -2.55. The van der Waals surface area contributed by atoms with Crippen molar-refractivity contribution in [1.82, 2.24) is 4.90 Å². The van der Waals surface area contributed by atoms with Crippen LogP contribution < -0.4 is 4.90 Å². The molecule has 0 radical (unpaired) electrons. The van der Waals surface area contributed by atoms with Crippen molar-refractivity contribution < 1.29 is 9.53 Å². The van der Waals surface area contributed by atoms with E-state index >= 15 is 0 Å². The summed E-state index contributed by atoms with van der Waals surface area (Å²) in [6, 6.07) is 8.43. The molecule has 0 unspecified atom stereocenters. The molecular weight excluding hydrogens is 316 g/mol. The zero-order valence-electron chi connectivity index (χ0n) is 15.0. The van der Waals surface area contributed by atoms with Crippen molar-refractivity contribution in [2.45, 2.75) is 51.7 Å². The molecule has 6 nitrogen and oxygen atoms in total. The van der Waals surface area contributed by atoms with Gasteiger partial charge in [-0.25, -0.2) is 4.79 Å². The highest BCUT2D eigenvalue weighted by atomic mass is 16.6. The molecule has 0 saturated carbocycles. The lowest BCUT2D eigenvalue weighted by molar-refractivity contribution is 0.0207. The van der Waals surface area contributed by atoms with Crippen LogP contribution in [-0.4, -0.2) is 41.6 Å². The molecule has 132 valence electrons. The Kier molecular flexibility index (Phi) is 4.67. The molecule has 25 heavy (non-hydrogen) atoms. The Morgan fingerprint density at radius 2 is 1.96 bits per heavy atom. The number of hydrogen-bond donors (Lipinski definition) is 0. The van der Waals surface area contributed by atoms with E-state index in [2.05, 4.69) is 22.0 Å². The molecule has 6 heteroatoms. The molecule has 2 heterocycles. The molecule has 1 amide bonds. The van der Waals surface area contributed by atoms with E-state index in [1.807, 2.05) is 39.1 Å². The van der Waals surface area contributed by atoms with Crippen LogP contribution in [0.5, 0.6) is 0 Å². The van der Waals surface area contributed by atoms with Crippen LogP contribution in [0.15, 0.2) is 29.3 Å². The summed E-state index contributed by atoms with van der Waals surface area (Å²) < 4.78 is 5.46. The van der Waals surface area contributed by atoms with Gasteiger partial charge in [0.1, 0.15) is 11.4 Å². The summed E-state index contributed by atoms with van der Waals surface area (Å²) in [6.45, 7) is 6.94. The van der Waals surface area contributed by atoms with E-state index in [0.717, 1.165) is 24.4 Å². The van der Waals surface area contributed by atoms with Gasteiger partial charge in [0, 0.05) is 31.2 Å². The number of nitrogens with zero attached hydrogens (tertiary/aromatic N) is 4. The number of likely N-dealkylation sites (tertiary alicyclic amines) is 1. The van der Waals surface area contributed by atoms with Crippen LogP contribution in [0.3, 0.4) is 0 Å². The van der Waals surface area contributed by atoms with Gasteiger partial charge >= 0.3 is 6.09 Å². The number of benzene rings is 1. The SMILES string of the molecule is CC(C)(C)OC(=O)N1CCC(N2C(=NC#N)Cc3ccccc32)CC1. The summed E-state index contributed by atoms with van der Waals surface area (Å²) in [4.78, 5) is 20.2. The molecule has 0 spiro atoms. The fourth-order valence-corrected chi connectivity index (χ4v) is 3.48. The number of piperidine rings is 1. The van der Waals surface area contributed by atoms with Crippen molar-refractivity contribution in [3.8, 4) is 6.19 Å². The molecular formula is C19H24N4O2. The average Bonchev–Trinajstić information content (AvgIpc) is 2.92. The second-order valence-corrected chi connectivity index (χ2v) is 7.50. The standard InChI is InChI=1S/C19H24N4O2/c1-19(2,3)25-18(24)22-10-8-15(9-11-22)23-16-7-5-4-6-14(16)12-17(23)21-13-20/h4-7,15H,8-12H2,1-3H3. The van der Waals surface area contributed by atoms with Crippen LogP contribution in [0.2, 0.25) is 0 Å². The first-order valence-corrected chi connectivity index (χ1v) is 8.70. The van der Waals surface area contributed by atoms with Gasteiger partial charge < -0.3 is 14.5 Å². The molecule has 1 aromatic carbocycles. The summed E-state index contributed by atoms with van der Waals surface area (Å²) in [5.41, 5.74) is 1.85. The van der Waals surface area contributed by atoms with E-state index in [9.17, 15) is 4.79 Å². The number of anilines is 1. The summed E-state index contributed by atoms with van der Waals surface area (Å²) in [7, 11) is 0. The minimum atomic E-state index is -0.478. The van der Waals surface area contributed by atoms with Crippen LogP contribution in [0.4, 0.5) is 10.5 Å². The first kappa shape index (κ1) is 17.3. The van der Waals surface area contributed by atoms with E-state index < -0.39 is 5.60 Å². The molecule has 0 aliphatic carbocycles. The minimum Gasteiger partial charge on any atom is -0.444 e. The number of hydrogen-bond acceptors (Lipinski definition) is 4. The lowest BCUT2D eigenvalue weighted by atomic mass is 10.0. The molecule has 3 rings (SSSR count). The van der Waals surface area contributed by atoms with Crippen LogP contribution in [0, 0.1) is 11.5 Å². The Morgan fingerprint density at radius 1 is 1.28 bits per heavy atom. The molecule has 1 fully saturated rings. The van der Waals surface area contributed by atoms with E-state index in [0.29, 0.717) is 19.5 Å². The first-order valence-electron chi connectivity index (χ1n) is 8.70. The lowest BCUT2D eigenvalue weighted by Crippen LogP contribution is -2.49. The van der Waals surface area contributed by atoms with Gasteiger partial charge in [-0.1, -0.05) is 18.2 Å². The largest absolute Gasteiger partial charge is 0.444 e. The van der Waals surface area contributed by atoms with Crippen molar-refractivity contribution in [2.75, 3.05) is 18.0 Å².